The molecule has 1 N–H and O–H groups in total. The normalized spacial score (nSPS) is 14.6. The second kappa shape index (κ2) is 10.6. The summed E-state index contributed by atoms with van der Waals surface area (Å²) in [6.07, 6.45) is 3.97. The van der Waals surface area contributed by atoms with Crippen molar-refractivity contribution in [2.24, 2.45) is 0 Å². The fraction of sp³-hybridized carbons (Fsp3) is 0.320. The van der Waals surface area contributed by atoms with E-state index in [4.69, 9.17) is 16.0 Å². The number of anilines is 1. The molecule has 186 valence electrons. The summed E-state index contributed by atoms with van der Waals surface area (Å²) in [5.41, 5.74) is 0.503. The molecule has 1 atom stereocenters. The first-order valence-corrected chi connectivity index (χ1v) is 13.0. The van der Waals surface area contributed by atoms with E-state index in [2.05, 4.69) is 20.7 Å². The summed E-state index contributed by atoms with van der Waals surface area (Å²) in [7, 11) is 0. The van der Waals surface area contributed by atoms with Crippen LogP contribution in [0, 0.1) is 6.92 Å². The molecule has 3 heterocycles. The molecular weight excluding hydrogens is 500 g/mol. The van der Waals surface area contributed by atoms with Crippen molar-refractivity contribution in [1.82, 2.24) is 25.5 Å². The number of hydrogen-bond donors (Lipinski definition) is 1. The Hall–Kier alpha value is -3.50. The molecule has 3 aromatic heterocycles. The molecular formula is C25H25ClN6O3S. The lowest BCUT2D eigenvalue weighted by atomic mass is 10.1. The molecule has 0 aliphatic heterocycles. The van der Waals surface area contributed by atoms with Crippen molar-refractivity contribution in [3.05, 3.63) is 70.5 Å². The highest BCUT2D eigenvalue weighted by atomic mass is 35.5. The summed E-state index contributed by atoms with van der Waals surface area (Å²) in [4.78, 5) is 31.0. The third-order valence-corrected chi connectivity index (χ3v) is 7.20. The van der Waals surface area contributed by atoms with Gasteiger partial charge >= 0.3 is 0 Å². The minimum atomic E-state index is -1.02. The lowest BCUT2D eigenvalue weighted by Gasteiger charge is -2.30. The highest BCUT2D eigenvalue weighted by molar-refractivity contribution is 7.13. The topological polar surface area (TPSA) is 106 Å². The highest BCUT2D eigenvalue weighted by Crippen LogP contribution is 2.31. The van der Waals surface area contributed by atoms with Crippen molar-refractivity contribution in [3.8, 4) is 10.7 Å². The summed E-state index contributed by atoms with van der Waals surface area (Å²) in [5, 5.41) is 18.0. The average molecular weight is 525 g/mol. The molecule has 1 aromatic carbocycles. The van der Waals surface area contributed by atoms with Crippen LogP contribution in [0.2, 0.25) is 5.02 Å². The van der Waals surface area contributed by atoms with E-state index in [1.807, 2.05) is 17.5 Å². The summed E-state index contributed by atoms with van der Waals surface area (Å²) in [6.45, 7) is 1.59. The third kappa shape index (κ3) is 5.34. The second-order valence-corrected chi connectivity index (χ2v) is 10.1. The zero-order valence-corrected chi connectivity index (χ0v) is 21.2. The van der Waals surface area contributed by atoms with Gasteiger partial charge in [0.25, 0.3) is 11.8 Å². The Labute approximate surface area is 217 Å². The van der Waals surface area contributed by atoms with Crippen molar-refractivity contribution < 1.29 is 14.0 Å². The summed E-state index contributed by atoms with van der Waals surface area (Å²) in [5.74, 6) is 0.759. The first-order chi connectivity index (χ1) is 17.5. The number of hydrogen-bond acceptors (Lipinski definition) is 7. The smallest absolute Gasteiger partial charge is 0.251 e. The van der Waals surface area contributed by atoms with Gasteiger partial charge in [0.2, 0.25) is 5.82 Å². The quantitative estimate of drug-likeness (QED) is 0.355. The molecule has 1 aliphatic carbocycles. The van der Waals surface area contributed by atoms with Crippen molar-refractivity contribution in [2.75, 3.05) is 4.90 Å². The maximum Gasteiger partial charge on any atom is 0.251 e. The van der Waals surface area contributed by atoms with Crippen LogP contribution in [0.1, 0.15) is 43.2 Å². The fourth-order valence-electron chi connectivity index (χ4n) is 4.37. The molecule has 1 unspecified atom stereocenters. The first-order valence-electron chi connectivity index (χ1n) is 11.7. The number of aryl methyl sites for hydroxylation is 1. The minimum absolute atomic E-state index is 0.0727. The summed E-state index contributed by atoms with van der Waals surface area (Å²) < 4.78 is 5.88. The van der Waals surface area contributed by atoms with Crippen molar-refractivity contribution in [3.63, 3.8) is 0 Å². The van der Waals surface area contributed by atoms with Crippen molar-refractivity contribution in [1.29, 1.82) is 0 Å². The average Bonchev–Trinajstić information content (AvgIpc) is 3.66. The van der Waals surface area contributed by atoms with E-state index >= 15 is 0 Å². The maximum atomic E-state index is 13.8. The molecule has 0 saturated heterocycles. The van der Waals surface area contributed by atoms with Gasteiger partial charge < -0.3 is 9.73 Å². The Balaban J connectivity index is 1.49. The van der Waals surface area contributed by atoms with E-state index < -0.39 is 11.9 Å². The number of thiophene rings is 1. The number of halogens is 1. The predicted molar refractivity (Wildman–Crippen MR) is 137 cm³/mol. The molecule has 1 fully saturated rings. The van der Waals surface area contributed by atoms with Gasteiger partial charge in [0.1, 0.15) is 18.1 Å². The number of nitrogens with zero attached hydrogens (tertiary/aromatic N) is 5. The van der Waals surface area contributed by atoms with Gasteiger partial charge in [-0.2, -0.15) is 4.80 Å². The van der Waals surface area contributed by atoms with E-state index in [-0.39, 0.29) is 18.5 Å². The molecule has 11 heteroatoms. The van der Waals surface area contributed by atoms with Crippen LogP contribution in [0.25, 0.3) is 10.7 Å². The van der Waals surface area contributed by atoms with Crippen LogP contribution in [0.3, 0.4) is 0 Å². The zero-order chi connectivity index (χ0) is 25.1. The summed E-state index contributed by atoms with van der Waals surface area (Å²) >= 11 is 7.61. The van der Waals surface area contributed by atoms with Crippen molar-refractivity contribution in [2.45, 2.75) is 51.2 Å². The molecule has 0 bridgehead atoms. The number of amides is 2. The maximum absolute atomic E-state index is 13.8. The zero-order valence-electron chi connectivity index (χ0n) is 19.6. The highest BCUT2D eigenvalue weighted by Gasteiger charge is 2.36. The van der Waals surface area contributed by atoms with E-state index in [0.717, 1.165) is 30.6 Å². The van der Waals surface area contributed by atoms with Crippen LogP contribution in [0.5, 0.6) is 0 Å². The van der Waals surface area contributed by atoms with Gasteiger partial charge in [-0.25, -0.2) is 0 Å². The van der Waals surface area contributed by atoms with Crippen LogP contribution in [0.15, 0.2) is 58.3 Å². The first kappa shape index (κ1) is 24.2. The second-order valence-electron chi connectivity index (χ2n) is 8.70. The molecule has 4 aromatic rings. The number of tetrazole rings is 1. The molecule has 5 rings (SSSR count). The molecule has 1 saturated carbocycles. The number of aromatic nitrogens is 4. The number of carbonyl (C=O) groups excluding carboxylic acids is 2. The number of carbonyl (C=O) groups is 2. The van der Waals surface area contributed by atoms with Gasteiger partial charge in [-0.05, 0) is 72.8 Å². The number of nitrogens with one attached hydrogen (secondary N) is 1. The standard InChI is InChI=1S/C25H25ClN6O3S/c1-16-8-13-20(35-16)23(25(34)27-18-5-2-3-6-18)32(19-11-9-17(26)10-12-19)22(33)15-31-29-24(28-30-31)21-7-4-14-36-21/h4,7-14,18,23H,2-3,5-6,15H2,1H3,(H,27,34). The van der Waals surface area contributed by atoms with E-state index in [1.54, 1.807) is 43.3 Å². The lowest BCUT2D eigenvalue weighted by Crippen LogP contribution is -2.47. The van der Waals surface area contributed by atoms with E-state index in [0.29, 0.717) is 28.1 Å². The Morgan fingerprint density at radius 2 is 1.97 bits per heavy atom. The molecule has 36 heavy (non-hydrogen) atoms. The van der Waals surface area contributed by atoms with E-state index in [9.17, 15) is 9.59 Å². The Morgan fingerprint density at radius 3 is 2.64 bits per heavy atom. The SMILES string of the molecule is Cc1ccc(C(C(=O)NC2CCCC2)N(C(=O)Cn2nnc(-c3cccs3)n2)c2ccc(Cl)cc2)o1. The number of rotatable bonds is 8. The van der Waals surface area contributed by atoms with E-state index in [1.165, 1.54) is 21.0 Å². The van der Waals surface area contributed by atoms with Crippen LogP contribution in [-0.2, 0) is 16.1 Å². The monoisotopic (exact) mass is 524 g/mol. The van der Waals surface area contributed by atoms with Gasteiger partial charge in [-0.1, -0.05) is 30.5 Å². The van der Waals surface area contributed by atoms with Crippen molar-refractivity contribution >= 4 is 40.4 Å². The molecule has 0 spiro atoms. The Morgan fingerprint density at radius 1 is 1.19 bits per heavy atom. The van der Waals surface area contributed by atoms with Gasteiger partial charge in [-0.3, -0.25) is 14.5 Å². The fourth-order valence-corrected chi connectivity index (χ4v) is 5.15. The summed E-state index contributed by atoms with van der Waals surface area (Å²) in [6, 6.07) is 13.1. The predicted octanol–water partition coefficient (Wildman–Crippen LogP) is 4.79. The van der Waals surface area contributed by atoms with Crippen LogP contribution in [-0.4, -0.2) is 38.1 Å². The van der Waals surface area contributed by atoms with Crippen LogP contribution >= 0.6 is 22.9 Å². The van der Waals surface area contributed by atoms with Gasteiger partial charge in [-0.15, -0.1) is 21.5 Å². The molecule has 9 nitrogen and oxygen atoms in total. The number of benzene rings is 1. The largest absolute Gasteiger partial charge is 0.464 e. The molecule has 0 radical (unpaired) electrons. The Bertz CT molecular complexity index is 1330. The molecule has 1 aliphatic rings. The molecule has 2 amide bonds. The minimum Gasteiger partial charge on any atom is -0.464 e. The van der Waals surface area contributed by atoms with Gasteiger partial charge in [0.15, 0.2) is 6.04 Å². The Kier molecular flexibility index (Phi) is 7.15. The number of furan rings is 1. The van der Waals surface area contributed by atoms with Crippen LogP contribution < -0.4 is 10.2 Å². The van der Waals surface area contributed by atoms with Gasteiger partial charge in [0.05, 0.1) is 4.88 Å². The lowest BCUT2D eigenvalue weighted by molar-refractivity contribution is -0.128. The third-order valence-electron chi connectivity index (χ3n) is 6.08. The van der Waals surface area contributed by atoms with Crippen LogP contribution in [0.4, 0.5) is 5.69 Å². The van der Waals surface area contributed by atoms with Gasteiger partial charge in [0, 0.05) is 16.8 Å².